The van der Waals surface area contributed by atoms with Crippen molar-refractivity contribution >= 4 is 28.8 Å². The van der Waals surface area contributed by atoms with E-state index >= 15 is 0 Å². The van der Waals surface area contributed by atoms with Crippen LogP contribution < -0.4 is 10.1 Å². The molecule has 2 aromatic carbocycles. The molecule has 1 amide bonds. The van der Waals surface area contributed by atoms with Gasteiger partial charge in [-0.3, -0.25) is 4.79 Å². The van der Waals surface area contributed by atoms with Gasteiger partial charge in [-0.05, 0) is 69.2 Å². The van der Waals surface area contributed by atoms with E-state index in [2.05, 4.69) is 24.1 Å². The number of nitrogens with one attached hydrogen (secondary N) is 1. The minimum absolute atomic E-state index is 0.0460. The van der Waals surface area contributed by atoms with E-state index in [4.69, 9.17) is 21.7 Å². The summed E-state index contributed by atoms with van der Waals surface area (Å²) in [6, 6.07) is 13.5. The summed E-state index contributed by atoms with van der Waals surface area (Å²) in [6.07, 6.45) is 0.324. The highest BCUT2D eigenvalue weighted by Gasteiger charge is 2.24. The molecule has 2 aromatic rings. The van der Waals surface area contributed by atoms with Crippen molar-refractivity contribution in [2.75, 3.05) is 25.0 Å². The van der Waals surface area contributed by atoms with E-state index in [0.29, 0.717) is 5.75 Å². The molecule has 5 nitrogen and oxygen atoms in total. The summed E-state index contributed by atoms with van der Waals surface area (Å²) in [5.74, 6) is 0.450. The van der Waals surface area contributed by atoms with Gasteiger partial charge in [0, 0.05) is 24.3 Å². The van der Waals surface area contributed by atoms with Crippen molar-refractivity contribution in [3.05, 3.63) is 59.2 Å². The average Bonchev–Trinajstić information content (AvgIpc) is 2.68. The Hall–Kier alpha value is -2.44. The lowest BCUT2D eigenvalue weighted by atomic mass is 10.1. The van der Waals surface area contributed by atoms with Gasteiger partial charge < -0.3 is 19.7 Å². The predicted octanol–water partition coefficient (Wildman–Crippen LogP) is 4.11. The highest BCUT2D eigenvalue weighted by Crippen LogP contribution is 2.19. The fourth-order valence-corrected chi connectivity index (χ4v) is 3.71. The van der Waals surface area contributed by atoms with Crippen molar-refractivity contribution in [2.24, 2.45) is 0 Å². The molecule has 1 heterocycles. The molecule has 0 radical (unpaired) electrons. The number of anilines is 1. The van der Waals surface area contributed by atoms with Gasteiger partial charge in [0.2, 0.25) is 0 Å². The van der Waals surface area contributed by atoms with Crippen LogP contribution in [0.2, 0.25) is 0 Å². The molecule has 0 aliphatic carbocycles. The molecule has 0 bridgehead atoms. The quantitative estimate of drug-likeness (QED) is 0.749. The average molecular weight is 413 g/mol. The van der Waals surface area contributed by atoms with Crippen LogP contribution in [0.1, 0.15) is 30.5 Å². The van der Waals surface area contributed by atoms with Crippen molar-refractivity contribution in [1.82, 2.24) is 4.90 Å². The van der Waals surface area contributed by atoms with Gasteiger partial charge in [-0.1, -0.05) is 24.4 Å². The summed E-state index contributed by atoms with van der Waals surface area (Å²) in [4.78, 5) is 15.2. The smallest absolute Gasteiger partial charge is 0.262 e. The molecule has 1 saturated heterocycles. The minimum Gasteiger partial charge on any atom is -0.484 e. The SMILES string of the molecule is Cc1ccc(C)c(NC(=O)COc2ccc(C(=S)N3C[C@@H](C)O[C@H](C)C3)cc2)c1. The normalized spacial score (nSPS) is 19.0. The number of hydrogen-bond acceptors (Lipinski definition) is 4. The monoisotopic (exact) mass is 412 g/mol. The highest BCUT2D eigenvalue weighted by molar-refractivity contribution is 7.80. The van der Waals surface area contributed by atoms with E-state index in [1.807, 2.05) is 56.3 Å². The first-order valence-electron chi connectivity index (χ1n) is 9.86. The van der Waals surface area contributed by atoms with E-state index in [9.17, 15) is 4.79 Å². The standard InChI is InChI=1S/C23H28N2O3S/c1-15-5-6-16(2)21(11-15)24-22(26)14-27-20-9-7-19(8-10-20)23(29)25-12-17(3)28-18(4)13-25/h5-11,17-18H,12-14H2,1-4H3,(H,24,26)/t17-,18-/m1/s1. The summed E-state index contributed by atoms with van der Waals surface area (Å²) in [6.45, 7) is 9.62. The number of hydrogen-bond donors (Lipinski definition) is 1. The summed E-state index contributed by atoms with van der Waals surface area (Å²) in [7, 11) is 0. The fraction of sp³-hybridized carbons (Fsp3) is 0.391. The van der Waals surface area contributed by atoms with E-state index in [-0.39, 0.29) is 24.7 Å². The Morgan fingerprint density at radius 2 is 1.79 bits per heavy atom. The molecule has 154 valence electrons. The number of nitrogens with zero attached hydrogens (tertiary/aromatic N) is 1. The Labute approximate surface area is 178 Å². The molecular formula is C23H28N2O3S. The summed E-state index contributed by atoms with van der Waals surface area (Å²) < 4.78 is 11.4. The zero-order valence-corrected chi connectivity index (χ0v) is 18.2. The van der Waals surface area contributed by atoms with Crippen molar-refractivity contribution in [2.45, 2.75) is 39.9 Å². The molecule has 1 N–H and O–H groups in total. The van der Waals surface area contributed by atoms with Gasteiger partial charge in [0.25, 0.3) is 5.91 Å². The molecule has 6 heteroatoms. The zero-order valence-electron chi connectivity index (χ0n) is 17.4. The Balaban J connectivity index is 1.54. The maximum Gasteiger partial charge on any atom is 0.262 e. The highest BCUT2D eigenvalue weighted by atomic mass is 32.1. The first-order valence-corrected chi connectivity index (χ1v) is 10.3. The first kappa shape index (κ1) is 21.3. The van der Waals surface area contributed by atoms with Crippen LogP contribution in [-0.4, -0.2) is 47.7 Å². The zero-order chi connectivity index (χ0) is 21.0. The minimum atomic E-state index is -0.186. The Morgan fingerprint density at radius 1 is 1.14 bits per heavy atom. The van der Waals surface area contributed by atoms with Gasteiger partial charge in [-0.15, -0.1) is 0 Å². The molecule has 0 unspecified atom stereocenters. The molecule has 1 fully saturated rings. The lowest BCUT2D eigenvalue weighted by molar-refractivity contribution is -0.118. The third kappa shape index (κ3) is 5.78. The van der Waals surface area contributed by atoms with Gasteiger partial charge >= 0.3 is 0 Å². The van der Waals surface area contributed by atoms with Crippen LogP contribution in [0, 0.1) is 13.8 Å². The number of benzene rings is 2. The second-order valence-corrected chi connectivity index (χ2v) is 8.03. The number of thiocarbonyl (C=S) groups is 1. The van der Waals surface area contributed by atoms with Crippen molar-refractivity contribution in [3.63, 3.8) is 0 Å². The third-order valence-corrected chi connectivity index (χ3v) is 5.34. The first-order chi connectivity index (χ1) is 13.8. The van der Waals surface area contributed by atoms with Crippen LogP contribution in [-0.2, 0) is 9.53 Å². The molecule has 1 aliphatic heterocycles. The largest absolute Gasteiger partial charge is 0.484 e. The van der Waals surface area contributed by atoms with Crippen LogP contribution in [0.3, 0.4) is 0 Å². The molecule has 29 heavy (non-hydrogen) atoms. The van der Waals surface area contributed by atoms with Crippen molar-refractivity contribution in [3.8, 4) is 5.75 Å². The predicted molar refractivity (Wildman–Crippen MR) is 120 cm³/mol. The van der Waals surface area contributed by atoms with Crippen LogP contribution in [0.15, 0.2) is 42.5 Å². The molecule has 3 rings (SSSR count). The Bertz CT molecular complexity index is 872. The molecular weight excluding hydrogens is 384 g/mol. The van der Waals surface area contributed by atoms with Crippen molar-refractivity contribution in [1.29, 1.82) is 0 Å². The van der Waals surface area contributed by atoms with Gasteiger partial charge in [-0.2, -0.15) is 0 Å². The van der Waals surface area contributed by atoms with E-state index < -0.39 is 0 Å². The molecule has 1 aliphatic rings. The molecule has 0 aromatic heterocycles. The second kappa shape index (κ2) is 9.37. The van der Waals surface area contributed by atoms with Gasteiger partial charge in [0.05, 0.1) is 12.2 Å². The number of aryl methyl sites for hydroxylation is 2. The maximum absolute atomic E-state index is 12.2. The van der Waals surface area contributed by atoms with E-state index in [1.54, 1.807) is 0 Å². The van der Waals surface area contributed by atoms with Crippen LogP contribution >= 0.6 is 12.2 Å². The number of rotatable bonds is 5. The van der Waals surface area contributed by atoms with E-state index in [1.165, 1.54) is 0 Å². The summed E-state index contributed by atoms with van der Waals surface area (Å²) >= 11 is 5.66. The van der Waals surface area contributed by atoms with Gasteiger partial charge in [-0.25, -0.2) is 0 Å². The van der Waals surface area contributed by atoms with Crippen LogP contribution in [0.4, 0.5) is 5.69 Å². The van der Waals surface area contributed by atoms with Crippen molar-refractivity contribution < 1.29 is 14.3 Å². The van der Waals surface area contributed by atoms with Crippen LogP contribution in [0.25, 0.3) is 0 Å². The lowest BCUT2D eigenvalue weighted by Crippen LogP contribution is -2.47. The number of morpholine rings is 1. The van der Waals surface area contributed by atoms with E-state index in [0.717, 1.165) is 40.5 Å². The summed E-state index contributed by atoms with van der Waals surface area (Å²) in [5, 5.41) is 2.90. The number of ether oxygens (including phenoxy) is 2. The Morgan fingerprint density at radius 3 is 2.45 bits per heavy atom. The van der Waals surface area contributed by atoms with Gasteiger partial charge in [0.1, 0.15) is 10.7 Å². The summed E-state index contributed by atoms with van der Waals surface area (Å²) in [5.41, 5.74) is 3.90. The Kier molecular flexibility index (Phi) is 6.87. The number of carbonyl (C=O) groups is 1. The molecule has 0 saturated carbocycles. The number of amides is 1. The third-order valence-electron chi connectivity index (χ3n) is 4.85. The number of carbonyl (C=O) groups excluding carboxylic acids is 1. The van der Waals surface area contributed by atoms with Crippen LogP contribution in [0.5, 0.6) is 5.75 Å². The fourth-order valence-electron chi connectivity index (χ4n) is 3.43. The maximum atomic E-state index is 12.2. The van der Waals surface area contributed by atoms with Gasteiger partial charge in [0.15, 0.2) is 6.61 Å². The second-order valence-electron chi connectivity index (χ2n) is 7.65. The lowest BCUT2D eigenvalue weighted by Gasteiger charge is -2.37. The molecule has 2 atom stereocenters. The topological polar surface area (TPSA) is 50.8 Å². The molecule has 0 spiro atoms.